The molecule has 6 nitrogen and oxygen atoms in total. The van der Waals surface area contributed by atoms with Crippen LogP contribution >= 0.6 is 11.6 Å². The number of urea groups is 1. The van der Waals surface area contributed by atoms with Gasteiger partial charge in [0.05, 0.1) is 5.25 Å². The largest absolute Gasteiger partial charge is 0.332 e. The predicted molar refractivity (Wildman–Crippen MR) is 107 cm³/mol. The molecule has 1 fully saturated rings. The van der Waals surface area contributed by atoms with E-state index in [0.29, 0.717) is 36.6 Å². The van der Waals surface area contributed by atoms with Gasteiger partial charge in [-0.05, 0) is 61.0 Å². The Morgan fingerprint density at radius 1 is 1.12 bits per heavy atom. The van der Waals surface area contributed by atoms with Crippen LogP contribution in [0.4, 0.5) is 10.5 Å². The molecule has 1 aromatic carbocycles. The smallest absolute Gasteiger partial charge is 0.317 e. The summed E-state index contributed by atoms with van der Waals surface area (Å²) >= 11 is 6.22. The lowest BCUT2D eigenvalue weighted by atomic mass is 9.92. The summed E-state index contributed by atoms with van der Waals surface area (Å²) in [7, 11) is -3.71. The van der Waals surface area contributed by atoms with Crippen LogP contribution in [-0.4, -0.2) is 32.8 Å². The first-order valence-corrected chi connectivity index (χ1v) is 10.9. The summed E-state index contributed by atoms with van der Waals surface area (Å²) in [5, 5.41) is 5.94. The summed E-state index contributed by atoms with van der Waals surface area (Å²) in [4.78, 5) is 12.5. The third-order valence-electron chi connectivity index (χ3n) is 4.61. The molecular weight excluding hydrogens is 374 g/mol. The first-order valence-electron chi connectivity index (χ1n) is 8.98. The highest BCUT2D eigenvalue weighted by molar-refractivity contribution is 7.90. The van der Waals surface area contributed by atoms with E-state index < -0.39 is 21.3 Å². The number of rotatable bonds is 5. The summed E-state index contributed by atoms with van der Waals surface area (Å²) in [5.41, 5.74) is 2.41. The number of carbonyl (C=O) groups is 1. The molecule has 0 atom stereocenters. The van der Waals surface area contributed by atoms with Crippen molar-refractivity contribution in [1.29, 1.82) is 0 Å². The van der Waals surface area contributed by atoms with E-state index in [1.54, 1.807) is 0 Å². The van der Waals surface area contributed by atoms with Gasteiger partial charge in [-0.25, -0.2) is 17.9 Å². The molecule has 26 heavy (non-hydrogen) atoms. The topological polar surface area (TPSA) is 87.3 Å². The molecule has 0 aliphatic carbocycles. The molecule has 0 bridgehead atoms. The minimum atomic E-state index is -3.71. The normalized spacial score (nSPS) is 16.1. The Bertz CT molecular complexity index is 728. The lowest BCUT2D eigenvalue weighted by Gasteiger charge is -2.24. The molecule has 0 spiro atoms. The van der Waals surface area contributed by atoms with Gasteiger partial charge in [0.1, 0.15) is 0 Å². The highest BCUT2D eigenvalue weighted by Crippen LogP contribution is 2.35. The summed E-state index contributed by atoms with van der Waals surface area (Å²) in [6.45, 7) is 9.29. The second-order valence-corrected chi connectivity index (χ2v) is 9.72. The molecule has 146 valence electrons. The number of hydrogen-bond donors (Lipinski definition) is 3. The standard InChI is InChI=1S/C18H28ClN3O3S/c1-11(2)15-9-13(19)10-16(12(3)4)17(15)21-18(23)22-26(24,25)14-5-7-20-8-6-14/h9-12,14,20H,5-8H2,1-4H3,(H2,21,22,23). The lowest BCUT2D eigenvalue weighted by Crippen LogP contribution is -2.45. The van der Waals surface area contributed by atoms with Gasteiger partial charge in [-0.1, -0.05) is 39.3 Å². The van der Waals surface area contributed by atoms with E-state index in [1.807, 2.05) is 39.8 Å². The Hall–Kier alpha value is -1.31. The van der Waals surface area contributed by atoms with Crippen LogP contribution in [0.25, 0.3) is 0 Å². The van der Waals surface area contributed by atoms with Crippen molar-refractivity contribution in [2.24, 2.45) is 0 Å². The van der Waals surface area contributed by atoms with Crippen molar-refractivity contribution in [1.82, 2.24) is 10.0 Å². The fraction of sp³-hybridized carbons (Fsp3) is 0.611. The van der Waals surface area contributed by atoms with Gasteiger partial charge in [0, 0.05) is 10.7 Å². The van der Waals surface area contributed by atoms with E-state index in [1.165, 1.54) is 0 Å². The van der Waals surface area contributed by atoms with Crippen molar-refractivity contribution >= 4 is 33.3 Å². The van der Waals surface area contributed by atoms with Crippen molar-refractivity contribution in [3.05, 3.63) is 28.3 Å². The van der Waals surface area contributed by atoms with Crippen LogP contribution in [0.1, 0.15) is 63.5 Å². The van der Waals surface area contributed by atoms with Crippen LogP contribution in [0, 0.1) is 0 Å². The highest BCUT2D eigenvalue weighted by Gasteiger charge is 2.29. The Kier molecular flexibility index (Phi) is 6.93. The number of carbonyl (C=O) groups excluding carboxylic acids is 1. The lowest BCUT2D eigenvalue weighted by molar-refractivity contribution is 0.256. The summed E-state index contributed by atoms with van der Waals surface area (Å²) in [5.74, 6) is 0.255. The van der Waals surface area contributed by atoms with E-state index in [-0.39, 0.29) is 11.8 Å². The molecule has 1 saturated heterocycles. The maximum atomic E-state index is 12.5. The molecule has 1 aromatic rings. The number of benzene rings is 1. The first-order chi connectivity index (χ1) is 12.1. The summed E-state index contributed by atoms with van der Waals surface area (Å²) < 4.78 is 27.1. The van der Waals surface area contributed by atoms with Crippen LogP contribution < -0.4 is 15.4 Å². The van der Waals surface area contributed by atoms with Crippen molar-refractivity contribution in [2.75, 3.05) is 18.4 Å². The molecule has 1 heterocycles. The van der Waals surface area contributed by atoms with Gasteiger partial charge in [-0.3, -0.25) is 0 Å². The zero-order chi connectivity index (χ0) is 19.5. The summed E-state index contributed by atoms with van der Waals surface area (Å²) in [6, 6.07) is 2.90. The third kappa shape index (κ3) is 5.11. The van der Waals surface area contributed by atoms with E-state index in [4.69, 9.17) is 11.6 Å². The monoisotopic (exact) mass is 401 g/mol. The Balaban J connectivity index is 2.25. The van der Waals surface area contributed by atoms with E-state index in [0.717, 1.165) is 11.1 Å². The zero-order valence-corrected chi connectivity index (χ0v) is 17.3. The van der Waals surface area contributed by atoms with Crippen molar-refractivity contribution in [3.63, 3.8) is 0 Å². The Morgan fingerprint density at radius 3 is 2.08 bits per heavy atom. The first kappa shape index (κ1) is 21.0. The van der Waals surface area contributed by atoms with Gasteiger partial charge in [0.2, 0.25) is 10.0 Å². The minimum absolute atomic E-state index is 0.127. The van der Waals surface area contributed by atoms with E-state index >= 15 is 0 Å². The van der Waals surface area contributed by atoms with Crippen LogP contribution in [0.2, 0.25) is 5.02 Å². The second-order valence-electron chi connectivity index (χ2n) is 7.32. The SMILES string of the molecule is CC(C)c1cc(Cl)cc(C(C)C)c1NC(=O)NS(=O)(=O)C1CCNCC1. The number of anilines is 1. The van der Waals surface area contributed by atoms with Gasteiger partial charge in [0.15, 0.2) is 0 Å². The quantitative estimate of drug-likeness (QED) is 0.700. The average molecular weight is 402 g/mol. The molecule has 2 rings (SSSR count). The van der Waals surface area contributed by atoms with Crippen LogP contribution in [0.5, 0.6) is 0 Å². The fourth-order valence-corrected chi connectivity index (χ4v) is 4.73. The molecule has 1 aliphatic heterocycles. The maximum Gasteiger partial charge on any atom is 0.332 e. The fourth-order valence-electron chi connectivity index (χ4n) is 3.16. The van der Waals surface area contributed by atoms with Gasteiger partial charge < -0.3 is 10.6 Å². The predicted octanol–water partition coefficient (Wildman–Crippen LogP) is 3.79. The number of halogens is 1. The molecule has 3 N–H and O–H groups in total. The number of nitrogens with one attached hydrogen (secondary N) is 3. The van der Waals surface area contributed by atoms with E-state index in [2.05, 4.69) is 15.4 Å². The van der Waals surface area contributed by atoms with Gasteiger partial charge in [-0.15, -0.1) is 0 Å². The van der Waals surface area contributed by atoms with Gasteiger partial charge >= 0.3 is 6.03 Å². The minimum Gasteiger partial charge on any atom is -0.317 e. The average Bonchev–Trinajstić information content (AvgIpc) is 2.56. The molecule has 1 aliphatic rings. The van der Waals surface area contributed by atoms with Crippen LogP contribution in [-0.2, 0) is 10.0 Å². The molecular formula is C18H28ClN3O3S. The molecule has 0 aromatic heterocycles. The molecule has 0 saturated carbocycles. The summed E-state index contributed by atoms with van der Waals surface area (Å²) in [6.07, 6.45) is 0.996. The number of piperidine rings is 1. The van der Waals surface area contributed by atoms with Crippen molar-refractivity contribution < 1.29 is 13.2 Å². The van der Waals surface area contributed by atoms with Crippen LogP contribution in [0.15, 0.2) is 12.1 Å². The second kappa shape index (κ2) is 8.59. The van der Waals surface area contributed by atoms with Crippen molar-refractivity contribution in [3.8, 4) is 0 Å². The number of sulfonamides is 1. The molecule has 2 amide bonds. The third-order valence-corrected chi connectivity index (χ3v) is 6.64. The molecule has 8 heteroatoms. The number of hydrogen-bond acceptors (Lipinski definition) is 4. The highest BCUT2D eigenvalue weighted by atomic mass is 35.5. The van der Waals surface area contributed by atoms with Gasteiger partial charge in [0.25, 0.3) is 0 Å². The molecule has 0 radical (unpaired) electrons. The van der Waals surface area contributed by atoms with E-state index in [9.17, 15) is 13.2 Å². The number of amides is 2. The van der Waals surface area contributed by atoms with Crippen LogP contribution in [0.3, 0.4) is 0 Å². The molecule has 0 unspecified atom stereocenters. The maximum absolute atomic E-state index is 12.5. The Labute approximate surface area is 161 Å². The Morgan fingerprint density at radius 2 is 1.62 bits per heavy atom. The van der Waals surface area contributed by atoms with Crippen molar-refractivity contribution in [2.45, 2.75) is 57.6 Å². The zero-order valence-electron chi connectivity index (χ0n) is 15.7. The van der Waals surface area contributed by atoms with Gasteiger partial charge in [-0.2, -0.15) is 0 Å².